The minimum atomic E-state index is -0.964. The topological polar surface area (TPSA) is 87.1 Å². The van der Waals surface area contributed by atoms with E-state index in [1.54, 1.807) is 18.2 Å². The Hall–Kier alpha value is -3.09. The second kappa shape index (κ2) is 7.65. The summed E-state index contributed by atoms with van der Waals surface area (Å²) in [6.45, 7) is 0.361. The minimum Gasteiger partial charge on any atom is -0.505 e. The smallest absolute Gasteiger partial charge is 0.308 e. The summed E-state index contributed by atoms with van der Waals surface area (Å²) < 4.78 is 18.7. The molecule has 0 unspecified atom stereocenters. The van der Waals surface area contributed by atoms with Gasteiger partial charge in [-0.2, -0.15) is 0 Å². The number of benzene rings is 2. The van der Waals surface area contributed by atoms with Gasteiger partial charge in [0.05, 0.1) is 19.4 Å². The highest BCUT2D eigenvalue weighted by molar-refractivity contribution is 5.81. The van der Waals surface area contributed by atoms with Gasteiger partial charge < -0.3 is 19.8 Å². The number of halogens is 1. The Balaban J connectivity index is 1.78. The predicted molar refractivity (Wildman–Crippen MR) is 95.2 cm³/mol. The second-order valence-corrected chi connectivity index (χ2v) is 6.59. The quantitative estimate of drug-likeness (QED) is 0.841. The van der Waals surface area contributed by atoms with E-state index in [1.807, 2.05) is 6.07 Å². The van der Waals surface area contributed by atoms with E-state index in [-0.39, 0.29) is 31.3 Å². The fourth-order valence-corrected chi connectivity index (χ4v) is 3.41. The fourth-order valence-electron chi connectivity index (χ4n) is 3.41. The van der Waals surface area contributed by atoms with Crippen molar-refractivity contribution in [2.45, 2.75) is 12.3 Å². The van der Waals surface area contributed by atoms with E-state index in [0.29, 0.717) is 11.3 Å². The Morgan fingerprint density at radius 1 is 1.22 bits per heavy atom. The maximum Gasteiger partial charge on any atom is 0.308 e. The van der Waals surface area contributed by atoms with E-state index in [9.17, 15) is 24.2 Å². The van der Waals surface area contributed by atoms with Crippen LogP contribution in [0, 0.1) is 11.7 Å². The van der Waals surface area contributed by atoms with Gasteiger partial charge in [-0.15, -0.1) is 0 Å². The third-order valence-corrected chi connectivity index (χ3v) is 4.88. The van der Waals surface area contributed by atoms with Crippen LogP contribution >= 0.6 is 0 Å². The molecule has 27 heavy (non-hydrogen) atoms. The van der Waals surface area contributed by atoms with Crippen molar-refractivity contribution in [1.29, 1.82) is 0 Å². The van der Waals surface area contributed by atoms with Crippen molar-refractivity contribution in [3.8, 4) is 11.5 Å². The molecule has 0 aromatic heterocycles. The second-order valence-electron chi connectivity index (χ2n) is 6.59. The van der Waals surface area contributed by atoms with Crippen molar-refractivity contribution >= 4 is 11.9 Å². The van der Waals surface area contributed by atoms with Gasteiger partial charge in [0.25, 0.3) is 0 Å². The molecule has 2 aromatic carbocycles. The number of carboxylic acids is 1. The van der Waals surface area contributed by atoms with Gasteiger partial charge in [0.15, 0.2) is 11.6 Å². The molecule has 0 aliphatic carbocycles. The first-order valence-electron chi connectivity index (χ1n) is 8.51. The van der Waals surface area contributed by atoms with Gasteiger partial charge in [-0.05, 0) is 35.4 Å². The summed E-state index contributed by atoms with van der Waals surface area (Å²) in [6, 6.07) is 10.9. The van der Waals surface area contributed by atoms with Crippen LogP contribution in [0.25, 0.3) is 0 Å². The first kappa shape index (κ1) is 18.7. The lowest BCUT2D eigenvalue weighted by Gasteiger charge is -2.17. The SMILES string of the molecule is COc1cccc([C@@H]2CN(C(=O)Cc3ccc(O)c(F)c3)C[C@H]2C(=O)O)c1. The van der Waals surface area contributed by atoms with Crippen LogP contribution in [0.3, 0.4) is 0 Å². The monoisotopic (exact) mass is 373 g/mol. The molecular weight excluding hydrogens is 353 g/mol. The third-order valence-electron chi connectivity index (χ3n) is 4.88. The van der Waals surface area contributed by atoms with Crippen LogP contribution in [0.2, 0.25) is 0 Å². The maximum atomic E-state index is 13.5. The van der Waals surface area contributed by atoms with E-state index in [4.69, 9.17) is 4.74 Å². The van der Waals surface area contributed by atoms with Crippen LogP contribution in [0.1, 0.15) is 17.0 Å². The minimum absolute atomic E-state index is 0.0611. The summed E-state index contributed by atoms with van der Waals surface area (Å²) in [4.78, 5) is 25.8. The number of ether oxygens (including phenoxy) is 1. The Bertz CT molecular complexity index is 869. The van der Waals surface area contributed by atoms with Crippen molar-refractivity contribution in [2.24, 2.45) is 5.92 Å². The molecule has 6 nitrogen and oxygen atoms in total. The van der Waals surface area contributed by atoms with Crippen molar-refractivity contribution in [3.63, 3.8) is 0 Å². The lowest BCUT2D eigenvalue weighted by atomic mass is 9.89. The number of likely N-dealkylation sites (tertiary alicyclic amines) is 1. The van der Waals surface area contributed by atoms with E-state index in [1.165, 1.54) is 24.1 Å². The normalized spacial score (nSPS) is 19.1. The first-order valence-corrected chi connectivity index (χ1v) is 8.51. The molecule has 7 heteroatoms. The number of aromatic hydroxyl groups is 1. The molecule has 1 aliphatic rings. The number of hydrogen-bond donors (Lipinski definition) is 2. The summed E-state index contributed by atoms with van der Waals surface area (Å²) in [5, 5.41) is 18.8. The van der Waals surface area contributed by atoms with Crippen LogP contribution in [-0.2, 0) is 16.0 Å². The van der Waals surface area contributed by atoms with Gasteiger partial charge in [-0.3, -0.25) is 9.59 Å². The number of carbonyl (C=O) groups excluding carboxylic acids is 1. The summed E-state index contributed by atoms with van der Waals surface area (Å²) in [6.07, 6.45) is -0.0611. The number of nitrogens with zero attached hydrogens (tertiary/aromatic N) is 1. The van der Waals surface area contributed by atoms with Crippen LogP contribution in [0.5, 0.6) is 11.5 Å². The van der Waals surface area contributed by atoms with Gasteiger partial charge in [-0.1, -0.05) is 18.2 Å². The van der Waals surface area contributed by atoms with Crippen LogP contribution in [0.15, 0.2) is 42.5 Å². The summed E-state index contributed by atoms with van der Waals surface area (Å²) in [5.41, 5.74) is 1.22. The van der Waals surface area contributed by atoms with Gasteiger partial charge in [0.2, 0.25) is 5.91 Å². The Morgan fingerprint density at radius 3 is 2.67 bits per heavy atom. The number of phenols is 1. The Kier molecular flexibility index (Phi) is 5.30. The van der Waals surface area contributed by atoms with Crippen LogP contribution in [0.4, 0.5) is 4.39 Å². The lowest BCUT2D eigenvalue weighted by Crippen LogP contribution is -2.31. The van der Waals surface area contributed by atoms with Gasteiger partial charge >= 0.3 is 5.97 Å². The molecule has 2 atom stereocenters. The molecule has 0 saturated carbocycles. The fraction of sp³-hybridized carbons (Fsp3) is 0.300. The molecule has 2 aromatic rings. The summed E-state index contributed by atoms with van der Waals surface area (Å²) >= 11 is 0. The third kappa shape index (κ3) is 4.02. The molecule has 1 heterocycles. The zero-order chi connectivity index (χ0) is 19.6. The number of carbonyl (C=O) groups is 2. The lowest BCUT2D eigenvalue weighted by molar-refractivity contribution is -0.141. The van der Waals surface area contributed by atoms with Crippen molar-refractivity contribution in [1.82, 2.24) is 4.90 Å². The van der Waals surface area contributed by atoms with Crippen molar-refractivity contribution in [2.75, 3.05) is 20.2 Å². The molecule has 3 rings (SSSR count). The predicted octanol–water partition coefficient (Wildman–Crippen LogP) is 2.41. The molecule has 0 bridgehead atoms. The number of aliphatic carboxylic acids is 1. The number of carboxylic acid groups (broad SMARTS) is 1. The summed E-state index contributed by atoms with van der Waals surface area (Å²) in [7, 11) is 1.54. The number of hydrogen-bond acceptors (Lipinski definition) is 4. The van der Waals surface area contributed by atoms with Gasteiger partial charge in [0, 0.05) is 19.0 Å². The van der Waals surface area contributed by atoms with Crippen LogP contribution < -0.4 is 4.74 Å². The number of rotatable bonds is 5. The van der Waals surface area contributed by atoms with Gasteiger partial charge in [0.1, 0.15) is 5.75 Å². The zero-order valence-electron chi connectivity index (χ0n) is 14.8. The molecule has 0 radical (unpaired) electrons. The number of amides is 1. The molecule has 0 spiro atoms. The van der Waals surface area contributed by atoms with E-state index in [0.717, 1.165) is 11.6 Å². The molecule has 142 valence electrons. The highest BCUT2D eigenvalue weighted by Gasteiger charge is 2.40. The molecule has 1 aliphatic heterocycles. The summed E-state index contributed by atoms with van der Waals surface area (Å²) in [5.74, 6) is -2.96. The van der Waals surface area contributed by atoms with Crippen molar-refractivity contribution < 1.29 is 28.9 Å². The number of methoxy groups -OCH3 is 1. The Morgan fingerprint density at radius 2 is 2.00 bits per heavy atom. The van der Waals surface area contributed by atoms with Gasteiger partial charge in [-0.25, -0.2) is 4.39 Å². The zero-order valence-corrected chi connectivity index (χ0v) is 14.8. The van der Waals surface area contributed by atoms with E-state index < -0.39 is 23.5 Å². The van der Waals surface area contributed by atoms with E-state index in [2.05, 4.69) is 0 Å². The molecular formula is C20H20FNO5. The molecule has 1 saturated heterocycles. The average molecular weight is 373 g/mol. The van der Waals surface area contributed by atoms with E-state index >= 15 is 0 Å². The standard InChI is InChI=1S/C20H20FNO5/c1-27-14-4-2-3-13(9-14)15-10-22(11-16(15)20(25)26)19(24)8-12-5-6-18(23)17(21)7-12/h2-7,9,15-16,23H,8,10-11H2,1H3,(H,25,26)/t15-,16+/m0/s1. The highest BCUT2D eigenvalue weighted by Crippen LogP contribution is 2.34. The largest absolute Gasteiger partial charge is 0.505 e. The van der Waals surface area contributed by atoms with Crippen LogP contribution in [-0.4, -0.2) is 47.2 Å². The molecule has 2 N–H and O–H groups in total. The average Bonchev–Trinajstić information content (AvgIpc) is 3.11. The highest BCUT2D eigenvalue weighted by atomic mass is 19.1. The number of phenolic OH excluding ortho intramolecular Hbond substituents is 1. The molecule has 1 fully saturated rings. The Labute approximate surface area is 155 Å². The maximum absolute atomic E-state index is 13.5. The first-order chi connectivity index (χ1) is 12.9. The molecule has 1 amide bonds. The van der Waals surface area contributed by atoms with Crippen molar-refractivity contribution in [3.05, 3.63) is 59.4 Å².